The zero-order chi connectivity index (χ0) is 18.0. The second-order valence-corrected chi connectivity index (χ2v) is 6.83. The molecule has 0 unspecified atom stereocenters. The van der Waals surface area contributed by atoms with Crippen molar-refractivity contribution in [2.45, 2.75) is 45.6 Å². The van der Waals surface area contributed by atoms with Crippen molar-refractivity contribution in [1.29, 1.82) is 0 Å². The van der Waals surface area contributed by atoms with Crippen molar-refractivity contribution in [3.63, 3.8) is 0 Å². The third-order valence-corrected chi connectivity index (χ3v) is 5.04. The van der Waals surface area contributed by atoms with Gasteiger partial charge in [0.05, 0.1) is 11.6 Å². The number of amides is 1. The van der Waals surface area contributed by atoms with E-state index in [1.165, 1.54) is 11.1 Å². The Morgan fingerprint density at radius 2 is 1.84 bits per heavy atom. The summed E-state index contributed by atoms with van der Waals surface area (Å²) in [5, 5.41) is 19.0. The van der Waals surface area contributed by atoms with Gasteiger partial charge in [-0.3, -0.25) is 14.7 Å². The molecule has 1 fully saturated rings. The topological polar surface area (TPSA) is 95.1 Å². The average molecular weight is 341 g/mol. The summed E-state index contributed by atoms with van der Waals surface area (Å²) in [6.07, 6.45) is 2.61. The molecule has 0 atom stereocenters. The molecule has 25 heavy (non-hydrogen) atoms. The minimum atomic E-state index is -0.739. The highest BCUT2D eigenvalue weighted by atomic mass is 16.4. The number of hydrogen-bond donors (Lipinski definition) is 3. The lowest BCUT2D eigenvalue weighted by molar-refractivity contribution is -0.142. The lowest BCUT2D eigenvalue weighted by Gasteiger charge is -2.26. The van der Waals surface area contributed by atoms with Crippen LogP contribution in [0.15, 0.2) is 24.3 Å². The molecule has 1 amide bonds. The Labute approximate surface area is 146 Å². The smallest absolute Gasteiger partial charge is 0.306 e. The minimum Gasteiger partial charge on any atom is -0.481 e. The standard InChI is InChI=1S/C19H23N3O3/c1-11-3-4-14(9-12(11)2)16-10-17(22-21-16)18(23)20-15-7-5-13(6-8-15)19(24)25/h3-4,9-10,13,15H,5-8H2,1-2H3,(H,20,23)(H,21,22)(H,24,25). The summed E-state index contributed by atoms with van der Waals surface area (Å²) < 4.78 is 0. The van der Waals surface area contributed by atoms with Crippen molar-refractivity contribution in [3.8, 4) is 11.3 Å². The van der Waals surface area contributed by atoms with E-state index >= 15 is 0 Å². The SMILES string of the molecule is Cc1ccc(-c2cc(C(=O)NC3CCC(C(=O)O)CC3)[nH]n2)cc1C. The van der Waals surface area contributed by atoms with Gasteiger partial charge >= 0.3 is 5.97 Å². The maximum Gasteiger partial charge on any atom is 0.306 e. The Kier molecular flexibility index (Phi) is 4.88. The summed E-state index contributed by atoms with van der Waals surface area (Å²) in [4.78, 5) is 23.4. The van der Waals surface area contributed by atoms with E-state index in [1.54, 1.807) is 6.07 Å². The summed E-state index contributed by atoms with van der Waals surface area (Å²) in [6.45, 7) is 4.11. The summed E-state index contributed by atoms with van der Waals surface area (Å²) >= 11 is 0. The van der Waals surface area contributed by atoms with Gasteiger partial charge in [0.2, 0.25) is 0 Å². The van der Waals surface area contributed by atoms with Gasteiger partial charge < -0.3 is 10.4 Å². The van der Waals surface area contributed by atoms with Crippen LogP contribution >= 0.6 is 0 Å². The first kappa shape index (κ1) is 17.2. The van der Waals surface area contributed by atoms with Gasteiger partial charge in [-0.25, -0.2) is 0 Å². The van der Waals surface area contributed by atoms with E-state index in [4.69, 9.17) is 5.11 Å². The van der Waals surface area contributed by atoms with E-state index in [2.05, 4.69) is 28.5 Å². The van der Waals surface area contributed by atoms with Gasteiger partial charge in [-0.2, -0.15) is 5.10 Å². The second-order valence-electron chi connectivity index (χ2n) is 6.83. The molecule has 1 aliphatic rings. The molecular weight excluding hydrogens is 318 g/mol. The molecule has 6 nitrogen and oxygen atoms in total. The lowest BCUT2D eigenvalue weighted by Crippen LogP contribution is -2.38. The molecule has 1 aromatic carbocycles. The molecule has 0 aliphatic heterocycles. The summed E-state index contributed by atoms with van der Waals surface area (Å²) in [5.41, 5.74) is 4.53. The predicted octanol–water partition coefficient (Wildman–Crippen LogP) is 3.07. The van der Waals surface area contributed by atoms with Crippen LogP contribution in [-0.4, -0.2) is 33.2 Å². The van der Waals surface area contributed by atoms with Gasteiger partial charge in [-0.15, -0.1) is 0 Å². The van der Waals surface area contributed by atoms with Crippen molar-refractivity contribution in [2.24, 2.45) is 5.92 Å². The first-order chi connectivity index (χ1) is 11.9. The number of H-pyrrole nitrogens is 1. The van der Waals surface area contributed by atoms with Crippen LogP contribution in [0.5, 0.6) is 0 Å². The number of hydrogen-bond acceptors (Lipinski definition) is 3. The van der Waals surface area contributed by atoms with Crippen molar-refractivity contribution in [3.05, 3.63) is 41.1 Å². The molecule has 2 aromatic rings. The number of aliphatic carboxylic acids is 1. The largest absolute Gasteiger partial charge is 0.481 e. The number of benzene rings is 1. The van der Waals surface area contributed by atoms with Crippen molar-refractivity contribution in [2.75, 3.05) is 0 Å². The van der Waals surface area contributed by atoms with Crippen LogP contribution in [0, 0.1) is 19.8 Å². The maximum absolute atomic E-state index is 12.4. The summed E-state index contributed by atoms with van der Waals surface area (Å²) in [5.74, 6) is -1.21. The Bertz CT molecular complexity index is 789. The number of nitrogens with one attached hydrogen (secondary N) is 2. The molecule has 1 aliphatic carbocycles. The highest BCUT2D eigenvalue weighted by Gasteiger charge is 2.27. The van der Waals surface area contributed by atoms with Crippen LogP contribution in [0.25, 0.3) is 11.3 Å². The number of carbonyl (C=O) groups excluding carboxylic acids is 1. The number of nitrogens with zero attached hydrogens (tertiary/aromatic N) is 1. The number of aryl methyl sites for hydroxylation is 2. The van der Waals surface area contributed by atoms with Gasteiger partial charge in [0.15, 0.2) is 0 Å². The molecule has 0 spiro atoms. The number of carboxylic acids is 1. The summed E-state index contributed by atoms with van der Waals surface area (Å²) in [6, 6.07) is 7.87. The molecule has 3 rings (SSSR count). The average Bonchev–Trinajstić information content (AvgIpc) is 3.08. The number of aromatic amines is 1. The molecule has 132 valence electrons. The molecule has 0 radical (unpaired) electrons. The fourth-order valence-electron chi connectivity index (χ4n) is 3.23. The molecule has 0 bridgehead atoms. The maximum atomic E-state index is 12.4. The highest BCUT2D eigenvalue weighted by molar-refractivity contribution is 5.93. The van der Waals surface area contributed by atoms with Crippen molar-refractivity contribution < 1.29 is 14.7 Å². The monoisotopic (exact) mass is 341 g/mol. The quantitative estimate of drug-likeness (QED) is 0.796. The Balaban J connectivity index is 1.63. The predicted molar refractivity (Wildman–Crippen MR) is 94.3 cm³/mol. The zero-order valence-corrected chi connectivity index (χ0v) is 14.5. The molecule has 0 saturated heterocycles. The van der Waals surface area contributed by atoms with E-state index in [-0.39, 0.29) is 17.9 Å². The van der Waals surface area contributed by atoms with E-state index in [1.807, 2.05) is 19.1 Å². The molecule has 1 saturated carbocycles. The Hall–Kier alpha value is -2.63. The number of carboxylic acid groups (broad SMARTS) is 1. The van der Waals surface area contributed by atoms with E-state index in [0.29, 0.717) is 31.4 Å². The fourth-order valence-corrected chi connectivity index (χ4v) is 3.23. The van der Waals surface area contributed by atoms with E-state index in [0.717, 1.165) is 11.3 Å². The van der Waals surface area contributed by atoms with Crippen LogP contribution < -0.4 is 5.32 Å². The van der Waals surface area contributed by atoms with Gasteiger partial charge in [-0.1, -0.05) is 12.1 Å². The Morgan fingerprint density at radius 3 is 2.48 bits per heavy atom. The number of carbonyl (C=O) groups is 2. The number of aromatic nitrogens is 2. The minimum absolute atomic E-state index is 0.0245. The van der Waals surface area contributed by atoms with Crippen LogP contribution in [0.4, 0.5) is 0 Å². The molecule has 6 heteroatoms. The Morgan fingerprint density at radius 1 is 1.12 bits per heavy atom. The van der Waals surface area contributed by atoms with E-state index in [9.17, 15) is 9.59 Å². The summed E-state index contributed by atoms with van der Waals surface area (Å²) in [7, 11) is 0. The molecule has 1 heterocycles. The van der Waals surface area contributed by atoms with Gasteiger partial charge in [0.25, 0.3) is 5.91 Å². The van der Waals surface area contributed by atoms with Crippen molar-refractivity contribution in [1.82, 2.24) is 15.5 Å². The molecule has 3 N–H and O–H groups in total. The third-order valence-electron chi connectivity index (χ3n) is 5.04. The normalized spacial score (nSPS) is 20.2. The van der Waals surface area contributed by atoms with E-state index < -0.39 is 5.97 Å². The van der Waals surface area contributed by atoms with Crippen LogP contribution in [0.3, 0.4) is 0 Å². The van der Waals surface area contributed by atoms with Gasteiger partial charge in [0.1, 0.15) is 5.69 Å². The van der Waals surface area contributed by atoms with Gasteiger partial charge in [0, 0.05) is 11.6 Å². The first-order valence-electron chi connectivity index (χ1n) is 8.60. The lowest BCUT2D eigenvalue weighted by atomic mass is 9.86. The fraction of sp³-hybridized carbons (Fsp3) is 0.421. The van der Waals surface area contributed by atoms with Crippen LogP contribution in [0.1, 0.15) is 47.3 Å². The van der Waals surface area contributed by atoms with Crippen molar-refractivity contribution >= 4 is 11.9 Å². The molecular formula is C19H23N3O3. The first-order valence-corrected chi connectivity index (χ1v) is 8.60. The van der Waals surface area contributed by atoms with Crippen LogP contribution in [-0.2, 0) is 4.79 Å². The number of rotatable bonds is 4. The van der Waals surface area contributed by atoms with Crippen LogP contribution in [0.2, 0.25) is 0 Å². The highest BCUT2D eigenvalue weighted by Crippen LogP contribution is 2.25. The zero-order valence-electron chi connectivity index (χ0n) is 14.5. The molecule has 1 aromatic heterocycles. The van der Waals surface area contributed by atoms with Gasteiger partial charge in [-0.05, 0) is 62.8 Å². The second kappa shape index (κ2) is 7.09. The third kappa shape index (κ3) is 3.90.